The zero-order valence-corrected chi connectivity index (χ0v) is 7.60. The van der Waals surface area contributed by atoms with E-state index in [0.717, 1.165) is 12.1 Å². The van der Waals surface area contributed by atoms with Crippen LogP contribution in [0.1, 0.15) is 0 Å². The molecule has 0 nitrogen and oxygen atoms in total. The smallest absolute Gasteiger partial charge is 0.134 e. The van der Waals surface area contributed by atoms with Crippen LogP contribution in [-0.2, 0) is 0 Å². The highest BCUT2D eigenvalue weighted by molar-refractivity contribution is 5.63. The van der Waals surface area contributed by atoms with Crippen LogP contribution in [0.5, 0.6) is 0 Å². The van der Waals surface area contributed by atoms with Gasteiger partial charge < -0.3 is 0 Å². The van der Waals surface area contributed by atoms with Crippen molar-refractivity contribution in [2.75, 3.05) is 0 Å². The van der Waals surface area contributed by atoms with E-state index in [0.29, 0.717) is 0 Å². The SMILES string of the molecule is Fc1ccc(-c2[c]cccc2F)c(F)c1. The molecule has 75 valence electrons. The van der Waals surface area contributed by atoms with Gasteiger partial charge in [0, 0.05) is 17.2 Å². The van der Waals surface area contributed by atoms with E-state index in [1.165, 1.54) is 24.3 Å². The van der Waals surface area contributed by atoms with E-state index in [9.17, 15) is 13.2 Å². The van der Waals surface area contributed by atoms with Crippen LogP contribution in [-0.4, -0.2) is 0 Å². The maximum atomic E-state index is 13.3. The second-order valence-corrected chi connectivity index (χ2v) is 3.02. The Morgan fingerprint density at radius 2 is 1.73 bits per heavy atom. The van der Waals surface area contributed by atoms with Crippen LogP contribution in [0, 0.1) is 23.5 Å². The summed E-state index contributed by atoms with van der Waals surface area (Å²) in [5.74, 6) is -2.06. The molecule has 0 heterocycles. The Hall–Kier alpha value is -1.77. The van der Waals surface area contributed by atoms with Gasteiger partial charge >= 0.3 is 0 Å². The van der Waals surface area contributed by atoms with E-state index in [1.54, 1.807) is 0 Å². The first-order chi connectivity index (χ1) is 7.18. The zero-order chi connectivity index (χ0) is 10.8. The fraction of sp³-hybridized carbons (Fsp3) is 0. The van der Waals surface area contributed by atoms with Gasteiger partial charge in [0.2, 0.25) is 0 Å². The molecule has 3 heteroatoms. The van der Waals surface area contributed by atoms with Gasteiger partial charge in [-0.2, -0.15) is 0 Å². The van der Waals surface area contributed by atoms with Crippen molar-refractivity contribution in [3.05, 3.63) is 59.9 Å². The fourth-order valence-corrected chi connectivity index (χ4v) is 1.31. The lowest BCUT2D eigenvalue weighted by Gasteiger charge is -2.03. The number of rotatable bonds is 1. The van der Waals surface area contributed by atoms with Crippen molar-refractivity contribution in [3.8, 4) is 11.1 Å². The molecule has 2 aromatic carbocycles. The second kappa shape index (κ2) is 3.77. The molecule has 2 rings (SSSR count). The number of benzene rings is 2. The summed E-state index contributed by atoms with van der Waals surface area (Å²) in [4.78, 5) is 0. The Morgan fingerprint density at radius 1 is 0.933 bits per heavy atom. The molecular weight excluding hydrogens is 201 g/mol. The van der Waals surface area contributed by atoms with Crippen LogP contribution in [0.2, 0.25) is 0 Å². The van der Waals surface area contributed by atoms with Crippen LogP contribution in [0.3, 0.4) is 0 Å². The van der Waals surface area contributed by atoms with E-state index >= 15 is 0 Å². The fourth-order valence-electron chi connectivity index (χ4n) is 1.31. The predicted octanol–water partition coefficient (Wildman–Crippen LogP) is 3.57. The number of hydrogen-bond donors (Lipinski definition) is 0. The van der Waals surface area contributed by atoms with Crippen molar-refractivity contribution in [3.63, 3.8) is 0 Å². The average Bonchev–Trinajstić information content (AvgIpc) is 2.20. The molecule has 0 aliphatic carbocycles. The molecule has 0 spiro atoms. The van der Waals surface area contributed by atoms with Gasteiger partial charge in [-0.3, -0.25) is 0 Å². The van der Waals surface area contributed by atoms with Crippen molar-refractivity contribution in [2.24, 2.45) is 0 Å². The largest absolute Gasteiger partial charge is 0.207 e. The Labute approximate surface area is 85.0 Å². The minimum absolute atomic E-state index is 0.00880. The molecule has 15 heavy (non-hydrogen) atoms. The van der Waals surface area contributed by atoms with Gasteiger partial charge in [0.05, 0.1) is 0 Å². The van der Waals surface area contributed by atoms with Crippen molar-refractivity contribution in [2.45, 2.75) is 0 Å². The highest BCUT2D eigenvalue weighted by atomic mass is 19.1. The van der Waals surface area contributed by atoms with Crippen molar-refractivity contribution >= 4 is 0 Å². The van der Waals surface area contributed by atoms with Gasteiger partial charge in [-0.25, -0.2) is 13.2 Å². The Bertz CT molecular complexity index is 492. The molecule has 0 aliphatic heterocycles. The second-order valence-electron chi connectivity index (χ2n) is 3.02. The highest BCUT2D eigenvalue weighted by Crippen LogP contribution is 2.25. The van der Waals surface area contributed by atoms with Gasteiger partial charge in [-0.15, -0.1) is 0 Å². The number of hydrogen-bond acceptors (Lipinski definition) is 0. The third-order valence-electron chi connectivity index (χ3n) is 2.01. The highest BCUT2D eigenvalue weighted by Gasteiger charge is 2.09. The van der Waals surface area contributed by atoms with Crippen molar-refractivity contribution in [1.29, 1.82) is 0 Å². The molecule has 0 aliphatic rings. The topological polar surface area (TPSA) is 0 Å². The molecule has 0 saturated heterocycles. The first-order valence-corrected chi connectivity index (χ1v) is 4.30. The third kappa shape index (κ3) is 1.86. The van der Waals surface area contributed by atoms with Crippen molar-refractivity contribution in [1.82, 2.24) is 0 Å². The third-order valence-corrected chi connectivity index (χ3v) is 2.01. The van der Waals surface area contributed by atoms with Gasteiger partial charge in [0.1, 0.15) is 17.5 Å². The minimum atomic E-state index is -0.795. The van der Waals surface area contributed by atoms with E-state index in [-0.39, 0.29) is 11.1 Å². The quantitative estimate of drug-likeness (QED) is 0.670. The molecule has 2 aromatic rings. The van der Waals surface area contributed by atoms with Gasteiger partial charge in [0.15, 0.2) is 0 Å². The molecule has 0 amide bonds. The summed E-state index contributed by atoms with van der Waals surface area (Å²) >= 11 is 0. The van der Waals surface area contributed by atoms with Crippen LogP contribution < -0.4 is 0 Å². The standard InChI is InChI=1S/C12H6F3/c13-8-5-6-10(12(15)7-8)9-3-1-2-4-11(9)14/h1-2,4-7H. The van der Waals surface area contributed by atoms with E-state index < -0.39 is 17.5 Å². The molecule has 0 aromatic heterocycles. The van der Waals surface area contributed by atoms with Crippen LogP contribution >= 0.6 is 0 Å². The predicted molar refractivity (Wildman–Crippen MR) is 50.6 cm³/mol. The van der Waals surface area contributed by atoms with E-state index in [4.69, 9.17) is 0 Å². The van der Waals surface area contributed by atoms with Crippen LogP contribution in [0.15, 0.2) is 36.4 Å². The molecule has 0 fully saturated rings. The summed E-state index contributed by atoms with van der Waals surface area (Å²) in [6.07, 6.45) is 0. The van der Waals surface area contributed by atoms with E-state index in [1.807, 2.05) is 0 Å². The average molecular weight is 207 g/mol. The Morgan fingerprint density at radius 3 is 2.40 bits per heavy atom. The maximum absolute atomic E-state index is 13.3. The molecule has 0 bridgehead atoms. The summed E-state index contributed by atoms with van der Waals surface area (Å²) in [7, 11) is 0. The van der Waals surface area contributed by atoms with Crippen LogP contribution in [0.4, 0.5) is 13.2 Å². The molecular formula is C12H6F3. The van der Waals surface area contributed by atoms with Gasteiger partial charge in [0.25, 0.3) is 0 Å². The lowest BCUT2D eigenvalue weighted by molar-refractivity contribution is 0.582. The summed E-state index contributed by atoms with van der Waals surface area (Å²) in [5, 5.41) is 0. The summed E-state index contributed by atoms with van der Waals surface area (Å²) < 4.78 is 39.2. The monoisotopic (exact) mass is 207 g/mol. The molecule has 0 saturated carbocycles. The molecule has 1 radical (unpaired) electrons. The molecule has 0 unspecified atom stereocenters. The molecule has 0 atom stereocenters. The summed E-state index contributed by atoms with van der Waals surface area (Å²) in [6, 6.07) is 9.70. The molecule has 0 N–H and O–H groups in total. The summed E-state index contributed by atoms with van der Waals surface area (Å²) in [5.41, 5.74) is 0.0181. The van der Waals surface area contributed by atoms with Gasteiger partial charge in [-0.1, -0.05) is 12.1 Å². The van der Waals surface area contributed by atoms with Gasteiger partial charge in [-0.05, 0) is 24.3 Å². The maximum Gasteiger partial charge on any atom is 0.134 e. The number of halogens is 3. The Kier molecular flexibility index (Phi) is 2.46. The normalized spacial score (nSPS) is 10.3. The van der Waals surface area contributed by atoms with E-state index in [2.05, 4.69) is 6.07 Å². The lowest BCUT2D eigenvalue weighted by atomic mass is 10.0. The first-order valence-electron chi connectivity index (χ1n) is 4.30. The van der Waals surface area contributed by atoms with Crippen LogP contribution in [0.25, 0.3) is 11.1 Å². The zero-order valence-electron chi connectivity index (χ0n) is 7.60. The van der Waals surface area contributed by atoms with Crippen molar-refractivity contribution < 1.29 is 13.2 Å². The summed E-state index contributed by atoms with van der Waals surface area (Å²) in [6.45, 7) is 0. The first kappa shape index (κ1) is 9.77. The minimum Gasteiger partial charge on any atom is -0.207 e. The lowest BCUT2D eigenvalue weighted by Crippen LogP contribution is -1.89. The Balaban J connectivity index is 2.60.